The Morgan fingerprint density at radius 2 is 1.95 bits per heavy atom. The van der Waals surface area contributed by atoms with Gasteiger partial charge in [0.15, 0.2) is 0 Å². The molecule has 0 bridgehead atoms. The Morgan fingerprint density at radius 1 is 1.05 bits per heavy atom. The topological polar surface area (TPSA) is 32.6 Å². The van der Waals surface area contributed by atoms with Gasteiger partial charge < -0.3 is 18.8 Å². The van der Waals surface area contributed by atoms with Gasteiger partial charge in [-0.15, -0.1) is 0 Å². The lowest BCUT2D eigenvalue weighted by molar-refractivity contribution is 0.0982. The van der Waals surface area contributed by atoms with Gasteiger partial charge in [0.05, 0.1) is 13.2 Å². The van der Waals surface area contributed by atoms with E-state index < -0.39 is 0 Å². The molecular weight excluding hydrogens is 266 g/mol. The highest BCUT2D eigenvalue weighted by atomic mass is 16.5. The molecule has 0 spiro atoms. The number of benzene rings is 1. The van der Waals surface area contributed by atoms with Gasteiger partial charge in [0.1, 0.15) is 5.75 Å². The zero-order valence-electron chi connectivity index (χ0n) is 13.0. The van der Waals surface area contributed by atoms with Crippen molar-refractivity contribution in [1.82, 2.24) is 4.57 Å². The van der Waals surface area contributed by atoms with Crippen molar-refractivity contribution in [3.05, 3.63) is 30.5 Å². The first-order chi connectivity index (χ1) is 10.3. The van der Waals surface area contributed by atoms with Crippen LogP contribution in [-0.2, 0) is 16.0 Å². The highest BCUT2D eigenvalue weighted by Crippen LogP contribution is 2.22. The summed E-state index contributed by atoms with van der Waals surface area (Å²) in [6.07, 6.45) is 4.08. The predicted molar refractivity (Wildman–Crippen MR) is 85.0 cm³/mol. The lowest BCUT2D eigenvalue weighted by Gasteiger charge is -2.08. The maximum atomic E-state index is 5.66. The number of hydrogen-bond acceptors (Lipinski definition) is 3. The fourth-order valence-electron chi connectivity index (χ4n) is 2.25. The van der Waals surface area contributed by atoms with Crippen LogP contribution in [-0.4, -0.2) is 38.1 Å². The molecule has 0 unspecified atom stereocenters. The van der Waals surface area contributed by atoms with E-state index in [1.807, 2.05) is 6.07 Å². The van der Waals surface area contributed by atoms with Gasteiger partial charge in [0.25, 0.3) is 0 Å². The maximum Gasteiger partial charge on any atom is 0.120 e. The number of nitrogens with zero attached hydrogens (tertiary/aromatic N) is 1. The maximum absolute atomic E-state index is 5.66. The molecule has 0 atom stereocenters. The van der Waals surface area contributed by atoms with Crippen LogP contribution in [0, 0.1) is 0 Å². The summed E-state index contributed by atoms with van der Waals surface area (Å²) in [6.45, 7) is 5.98. The summed E-state index contributed by atoms with van der Waals surface area (Å²) in [6, 6.07) is 8.37. The van der Waals surface area contributed by atoms with Crippen molar-refractivity contribution in [3.63, 3.8) is 0 Å². The van der Waals surface area contributed by atoms with Crippen molar-refractivity contribution < 1.29 is 14.2 Å². The van der Waals surface area contributed by atoms with Gasteiger partial charge in [-0.05, 0) is 37.1 Å². The third-order valence-electron chi connectivity index (χ3n) is 3.33. The summed E-state index contributed by atoms with van der Waals surface area (Å²) in [5, 5.41) is 1.21. The molecule has 0 saturated carbocycles. The van der Waals surface area contributed by atoms with Crippen LogP contribution >= 0.6 is 0 Å². The quantitative estimate of drug-likeness (QED) is 0.628. The minimum absolute atomic E-state index is 0.724. The molecule has 0 N–H and O–H groups in total. The summed E-state index contributed by atoms with van der Waals surface area (Å²) in [5.74, 6) is 0.943. The average molecular weight is 291 g/mol. The van der Waals surface area contributed by atoms with E-state index in [0.29, 0.717) is 0 Å². The molecule has 1 heterocycles. The van der Waals surface area contributed by atoms with E-state index in [0.717, 1.165) is 51.6 Å². The van der Waals surface area contributed by atoms with Crippen molar-refractivity contribution in [2.75, 3.05) is 33.5 Å². The monoisotopic (exact) mass is 291 g/mol. The number of methoxy groups -OCH3 is 1. The van der Waals surface area contributed by atoms with Gasteiger partial charge in [0, 0.05) is 44.0 Å². The van der Waals surface area contributed by atoms with Gasteiger partial charge in [-0.25, -0.2) is 0 Å². The molecule has 116 valence electrons. The van der Waals surface area contributed by atoms with Crippen molar-refractivity contribution in [2.24, 2.45) is 0 Å². The van der Waals surface area contributed by atoms with Gasteiger partial charge in [-0.1, -0.05) is 6.92 Å². The Labute approximate surface area is 126 Å². The van der Waals surface area contributed by atoms with Crippen LogP contribution in [0.2, 0.25) is 0 Å². The fraction of sp³-hybridized carbons (Fsp3) is 0.529. The predicted octanol–water partition coefficient (Wildman–Crippen LogP) is 3.48. The van der Waals surface area contributed by atoms with Crippen molar-refractivity contribution >= 4 is 10.9 Å². The van der Waals surface area contributed by atoms with Crippen LogP contribution in [0.4, 0.5) is 0 Å². The average Bonchev–Trinajstić information content (AvgIpc) is 2.91. The second-order valence-electron chi connectivity index (χ2n) is 5.04. The number of fused-ring (bicyclic) bond motifs is 1. The first kappa shape index (κ1) is 15.9. The van der Waals surface area contributed by atoms with E-state index in [-0.39, 0.29) is 0 Å². The smallest absolute Gasteiger partial charge is 0.120 e. The van der Waals surface area contributed by atoms with Crippen LogP contribution in [0.1, 0.15) is 19.8 Å². The van der Waals surface area contributed by atoms with E-state index in [9.17, 15) is 0 Å². The number of rotatable bonds is 10. The van der Waals surface area contributed by atoms with Gasteiger partial charge in [-0.2, -0.15) is 0 Å². The fourth-order valence-corrected chi connectivity index (χ4v) is 2.25. The molecule has 2 aromatic rings. The zero-order chi connectivity index (χ0) is 14.9. The van der Waals surface area contributed by atoms with Crippen LogP contribution in [0.15, 0.2) is 30.5 Å². The summed E-state index contributed by atoms with van der Waals surface area (Å²) < 4.78 is 18.5. The van der Waals surface area contributed by atoms with E-state index in [4.69, 9.17) is 14.2 Å². The van der Waals surface area contributed by atoms with Crippen LogP contribution in [0.25, 0.3) is 10.9 Å². The Kier molecular flexibility index (Phi) is 6.57. The van der Waals surface area contributed by atoms with Crippen LogP contribution in [0.3, 0.4) is 0 Å². The van der Waals surface area contributed by atoms with Crippen molar-refractivity contribution in [1.29, 1.82) is 0 Å². The second-order valence-corrected chi connectivity index (χ2v) is 5.04. The first-order valence-corrected chi connectivity index (χ1v) is 7.63. The number of hydrogen-bond donors (Lipinski definition) is 0. The summed E-state index contributed by atoms with van der Waals surface area (Å²) in [7, 11) is 1.71. The van der Waals surface area contributed by atoms with Crippen molar-refractivity contribution in [2.45, 2.75) is 26.3 Å². The molecule has 1 aromatic carbocycles. The molecule has 21 heavy (non-hydrogen) atoms. The molecule has 0 fully saturated rings. The molecule has 4 nitrogen and oxygen atoms in total. The van der Waals surface area contributed by atoms with Gasteiger partial charge in [-0.3, -0.25) is 0 Å². The minimum Gasteiger partial charge on any atom is -0.494 e. The third-order valence-corrected chi connectivity index (χ3v) is 3.33. The minimum atomic E-state index is 0.724. The van der Waals surface area contributed by atoms with Crippen LogP contribution in [0.5, 0.6) is 5.75 Å². The van der Waals surface area contributed by atoms with E-state index >= 15 is 0 Å². The normalized spacial score (nSPS) is 11.1. The second kappa shape index (κ2) is 8.70. The molecule has 0 amide bonds. The van der Waals surface area contributed by atoms with Crippen LogP contribution < -0.4 is 4.74 Å². The number of ether oxygens (including phenoxy) is 3. The largest absolute Gasteiger partial charge is 0.494 e. The summed E-state index contributed by atoms with van der Waals surface area (Å²) >= 11 is 0. The standard InChI is InChI=1S/C17H25NO3/c1-3-10-21-16-5-6-17-15(14-16)7-8-18(17)9-13-20-12-4-11-19-2/h5-8,14H,3-4,9-13H2,1-2H3. The Balaban J connectivity index is 1.86. The molecular formula is C17H25NO3. The molecule has 2 rings (SSSR count). The molecule has 0 aliphatic carbocycles. The van der Waals surface area contributed by atoms with E-state index in [2.05, 4.69) is 35.9 Å². The lowest BCUT2D eigenvalue weighted by Crippen LogP contribution is -2.07. The van der Waals surface area contributed by atoms with E-state index in [1.165, 1.54) is 10.9 Å². The molecule has 0 radical (unpaired) electrons. The Bertz CT molecular complexity index is 536. The Hall–Kier alpha value is -1.52. The van der Waals surface area contributed by atoms with Crippen molar-refractivity contribution in [3.8, 4) is 5.75 Å². The molecule has 0 aliphatic heterocycles. The highest BCUT2D eigenvalue weighted by Gasteiger charge is 2.03. The molecule has 0 saturated heterocycles. The first-order valence-electron chi connectivity index (χ1n) is 7.63. The lowest BCUT2D eigenvalue weighted by atomic mass is 10.2. The Morgan fingerprint density at radius 3 is 2.76 bits per heavy atom. The highest BCUT2D eigenvalue weighted by molar-refractivity contribution is 5.81. The summed E-state index contributed by atoms with van der Waals surface area (Å²) in [5.41, 5.74) is 1.22. The molecule has 1 aromatic heterocycles. The van der Waals surface area contributed by atoms with Gasteiger partial charge in [0.2, 0.25) is 0 Å². The SMILES string of the molecule is CCCOc1ccc2c(ccn2CCOCCCOC)c1. The third kappa shape index (κ3) is 4.76. The molecule has 4 heteroatoms. The number of aromatic nitrogens is 1. The summed E-state index contributed by atoms with van der Waals surface area (Å²) in [4.78, 5) is 0. The molecule has 0 aliphatic rings. The van der Waals surface area contributed by atoms with Gasteiger partial charge >= 0.3 is 0 Å². The zero-order valence-corrected chi connectivity index (χ0v) is 13.0. The van der Waals surface area contributed by atoms with E-state index in [1.54, 1.807) is 7.11 Å².